The summed E-state index contributed by atoms with van der Waals surface area (Å²) in [5.41, 5.74) is 1.89. The van der Waals surface area contributed by atoms with Crippen LogP contribution in [0, 0.1) is 5.82 Å². The number of amides is 3. The fourth-order valence-corrected chi connectivity index (χ4v) is 3.34. The van der Waals surface area contributed by atoms with Crippen LogP contribution >= 0.6 is 11.8 Å². The van der Waals surface area contributed by atoms with E-state index < -0.39 is 11.8 Å². The second-order valence-electron chi connectivity index (χ2n) is 7.13. The maximum atomic E-state index is 13.3. The molecule has 2 N–H and O–H groups in total. The Bertz CT molecular complexity index is 959. The fourth-order valence-electron chi connectivity index (χ4n) is 2.93. The molecule has 0 radical (unpaired) electrons. The van der Waals surface area contributed by atoms with Crippen LogP contribution < -0.4 is 5.32 Å². The highest BCUT2D eigenvalue weighted by atomic mass is 32.2. The van der Waals surface area contributed by atoms with Crippen molar-refractivity contribution in [3.63, 3.8) is 0 Å². The lowest BCUT2D eigenvalue weighted by Crippen LogP contribution is -2.31. The Hall–Kier alpha value is -2.97. The highest BCUT2D eigenvalue weighted by Gasteiger charge is 2.15. The van der Waals surface area contributed by atoms with Gasteiger partial charge in [-0.2, -0.15) is 5.06 Å². The number of nitrogens with zero attached hydrogens (tertiary/aromatic N) is 1. The predicted molar refractivity (Wildman–Crippen MR) is 123 cm³/mol. The van der Waals surface area contributed by atoms with Crippen molar-refractivity contribution in [3.8, 4) is 0 Å². The smallest absolute Gasteiger partial charge is 0.253 e. The van der Waals surface area contributed by atoms with Crippen LogP contribution in [0.25, 0.3) is 11.6 Å². The molecule has 8 heteroatoms. The summed E-state index contributed by atoms with van der Waals surface area (Å²) in [5.74, 6) is -2.01. The first-order valence-corrected chi connectivity index (χ1v) is 11.5. The molecule has 0 heterocycles. The molecule has 6 nitrogen and oxygen atoms in total. The molecule has 2 rings (SSSR count). The third kappa shape index (κ3) is 7.94. The van der Waals surface area contributed by atoms with Crippen LogP contribution in [0.3, 0.4) is 0 Å². The Kier molecular flexibility index (Phi) is 10.1. The van der Waals surface area contributed by atoms with E-state index in [-0.39, 0.29) is 23.2 Å². The maximum absolute atomic E-state index is 13.3. The number of hydroxylamine groups is 2. The van der Waals surface area contributed by atoms with E-state index in [1.54, 1.807) is 30.0 Å². The van der Waals surface area contributed by atoms with Gasteiger partial charge in [-0.05, 0) is 60.6 Å². The molecule has 0 aliphatic carbocycles. The highest BCUT2D eigenvalue weighted by molar-refractivity contribution is 7.98. The summed E-state index contributed by atoms with van der Waals surface area (Å²) in [7, 11) is 0. The van der Waals surface area contributed by atoms with Crippen LogP contribution in [0.15, 0.2) is 53.4 Å². The summed E-state index contributed by atoms with van der Waals surface area (Å²) in [6.45, 7) is 1.50. The zero-order valence-corrected chi connectivity index (χ0v) is 19.0. The SMILES string of the molecule is CSc1ccc(C=C(C(=O)NCCCCCC(=O)N(O)C(C)=O)c2ccc(F)cc2)cc1. The van der Waals surface area contributed by atoms with E-state index in [4.69, 9.17) is 0 Å². The molecule has 0 aliphatic rings. The molecule has 0 spiro atoms. The van der Waals surface area contributed by atoms with Crippen molar-refractivity contribution in [3.05, 3.63) is 65.5 Å². The summed E-state index contributed by atoms with van der Waals surface area (Å²) in [4.78, 5) is 36.5. The number of carbonyl (C=O) groups is 3. The topological polar surface area (TPSA) is 86.7 Å². The van der Waals surface area contributed by atoms with Crippen molar-refractivity contribution in [2.75, 3.05) is 12.8 Å². The lowest BCUT2D eigenvalue weighted by molar-refractivity contribution is -0.177. The molecule has 0 saturated carbocycles. The predicted octanol–water partition coefficient (Wildman–Crippen LogP) is 4.53. The normalized spacial score (nSPS) is 11.2. The Morgan fingerprint density at radius 3 is 2.28 bits per heavy atom. The average molecular weight is 459 g/mol. The number of hydrogen-bond donors (Lipinski definition) is 2. The quantitative estimate of drug-likeness (QED) is 0.136. The molecular formula is C24H27FN2O4S. The van der Waals surface area contributed by atoms with E-state index in [9.17, 15) is 24.0 Å². The number of halogens is 1. The zero-order chi connectivity index (χ0) is 23.5. The number of imide groups is 1. The molecule has 170 valence electrons. The molecule has 0 saturated heterocycles. The first-order chi connectivity index (χ1) is 15.3. The highest BCUT2D eigenvalue weighted by Crippen LogP contribution is 2.21. The summed E-state index contributed by atoms with van der Waals surface area (Å²) in [6, 6.07) is 13.5. The number of carbonyl (C=O) groups excluding carboxylic acids is 3. The van der Waals surface area contributed by atoms with Gasteiger partial charge in [0.15, 0.2) is 0 Å². The summed E-state index contributed by atoms with van der Waals surface area (Å²) < 4.78 is 13.3. The van der Waals surface area contributed by atoms with Gasteiger partial charge in [0.05, 0.1) is 0 Å². The molecule has 0 unspecified atom stereocenters. The third-order valence-electron chi connectivity index (χ3n) is 4.71. The van der Waals surface area contributed by atoms with E-state index in [0.29, 0.717) is 36.9 Å². The van der Waals surface area contributed by atoms with Crippen molar-refractivity contribution in [2.24, 2.45) is 0 Å². The summed E-state index contributed by atoms with van der Waals surface area (Å²) in [5, 5.41) is 12.2. The van der Waals surface area contributed by atoms with Crippen molar-refractivity contribution in [1.29, 1.82) is 0 Å². The van der Waals surface area contributed by atoms with Crippen LogP contribution in [0.5, 0.6) is 0 Å². The minimum Gasteiger partial charge on any atom is -0.352 e. The second kappa shape index (κ2) is 12.8. The first-order valence-electron chi connectivity index (χ1n) is 10.2. The Morgan fingerprint density at radius 2 is 1.69 bits per heavy atom. The molecule has 0 atom stereocenters. The molecule has 3 amide bonds. The Balaban J connectivity index is 1.96. The maximum Gasteiger partial charge on any atom is 0.253 e. The van der Waals surface area contributed by atoms with Crippen LogP contribution in [0.2, 0.25) is 0 Å². The summed E-state index contributed by atoms with van der Waals surface area (Å²) in [6.07, 6.45) is 5.57. The lowest BCUT2D eigenvalue weighted by Gasteiger charge is -2.11. The van der Waals surface area contributed by atoms with Gasteiger partial charge < -0.3 is 5.32 Å². The van der Waals surface area contributed by atoms with E-state index in [2.05, 4.69) is 5.32 Å². The summed E-state index contributed by atoms with van der Waals surface area (Å²) >= 11 is 1.63. The van der Waals surface area contributed by atoms with Crippen LogP contribution in [0.4, 0.5) is 4.39 Å². The van der Waals surface area contributed by atoms with Gasteiger partial charge in [0.25, 0.3) is 11.8 Å². The van der Waals surface area contributed by atoms with E-state index >= 15 is 0 Å². The van der Waals surface area contributed by atoms with Gasteiger partial charge in [0.2, 0.25) is 5.91 Å². The van der Waals surface area contributed by atoms with Crippen LogP contribution in [0.1, 0.15) is 43.7 Å². The van der Waals surface area contributed by atoms with Gasteiger partial charge in [-0.3, -0.25) is 19.6 Å². The van der Waals surface area contributed by atoms with E-state index in [1.165, 1.54) is 12.1 Å². The minimum absolute atomic E-state index is 0.0524. The van der Waals surface area contributed by atoms with Crippen molar-refractivity contribution in [2.45, 2.75) is 37.5 Å². The minimum atomic E-state index is -0.717. The van der Waals surface area contributed by atoms with Gasteiger partial charge >= 0.3 is 0 Å². The molecule has 0 aromatic heterocycles. The number of hydrogen-bond acceptors (Lipinski definition) is 5. The molecular weight excluding hydrogens is 431 g/mol. The number of unbranched alkanes of at least 4 members (excludes halogenated alkanes) is 2. The molecule has 2 aromatic rings. The van der Waals surface area contributed by atoms with Crippen molar-refractivity contribution in [1.82, 2.24) is 10.4 Å². The van der Waals surface area contributed by atoms with Crippen molar-refractivity contribution < 1.29 is 24.0 Å². The largest absolute Gasteiger partial charge is 0.352 e. The lowest BCUT2D eigenvalue weighted by atomic mass is 10.0. The standard InChI is InChI=1S/C24H27FN2O4S/c1-17(28)27(31)23(29)6-4-3-5-15-26-24(30)22(19-9-11-20(25)12-10-19)16-18-7-13-21(32-2)14-8-18/h7-14,16,31H,3-6,15H2,1-2H3,(H,26,30). The van der Waals surface area contributed by atoms with Gasteiger partial charge in [0.1, 0.15) is 5.82 Å². The molecule has 32 heavy (non-hydrogen) atoms. The number of nitrogens with one attached hydrogen (secondary N) is 1. The van der Waals surface area contributed by atoms with E-state index in [1.807, 2.05) is 30.5 Å². The van der Waals surface area contributed by atoms with Crippen LogP contribution in [-0.2, 0) is 14.4 Å². The van der Waals surface area contributed by atoms with Gasteiger partial charge in [-0.15, -0.1) is 11.8 Å². The van der Waals surface area contributed by atoms with Crippen LogP contribution in [-0.4, -0.2) is 40.8 Å². The first kappa shape index (κ1) is 25.3. The Labute approximate surface area is 191 Å². The monoisotopic (exact) mass is 458 g/mol. The number of rotatable bonds is 10. The van der Waals surface area contributed by atoms with Gasteiger partial charge in [-0.1, -0.05) is 30.7 Å². The average Bonchev–Trinajstić information content (AvgIpc) is 2.79. The van der Waals surface area contributed by atoms with Crippen molar-refractivity contribution >= 4 is 41.1 Å². The van der Waals surface area contributed by atoms with Gasteiger partial charge in [-0.25, -0.2) is 4.39 Å². The zero-order valence-electron chi connectivity index (χ0n) is 18.1. The van der Waals surface area contributed by atoms with Gasteiger partial charge in [0, 0.05) is 30.4 Å². The number of thioether (sulfide) groups is 1. The molecule has 0 aliphatic heterocycles. The molecule has 0 bridgehead atoms. The molecule has 2 aromatic carbocycles. The second-order valence-corrected chi connectivity index (χ2v) is 8.01. The fraction of sp³-hybridized carbons (Fsp3) is 0.292. The molecule has 0 fully saturated rings. The third-order valence-corrected chi connectivity index (χ3v) is 5.46. The van der Waals surface area contributed by atoms with E-state index in [0.717, 1.165) is 17.4 Å². The number of benzene rings is 2. The Morgan fingerprint density at radius 1 is 1.03 bits per heavy atom.